The summed E-state index contributed by atoms with van der Waals surface area (Å²) in [6.45, 7) is 10.3. The molecule has 1 aliphatic rings. The fourth-order valence-corrected chi connectivity index (χ4v) is 2.54. The maximum Gasteiger partial charge on any atom is 0.0412 e. The molecule has 2 nitrogen and oxygen atoms in total. The quantitative estimate of drug-likeness (QED) is 0.709. The molecular weight excluding hydrogens is 172 g/mol. The van der Waals surface area contributed by atoms with Gasteiger partial charge in [0.2, 0.25) is 0 Å². The summed E-state index contributed by atoms with van der Waals surface area (Å²) in [5, 5.41) is 0. The average molecular weight is 198 g/mol. The van der Waals surface area contributed by atoms with Gasteiger partial charge in [-0.15, -0.1) is 0 Å². The van der Waals surface area contributed by atoms with E-state index in [1.54, 1.807) is 0 Å². The molecule has 0 saturated carbocycles. The maximum atomic E-state index is 6.22. The molecule has 0 aromatic heterocycles. The van der Waals surface area contributed by atoms with Gasteiger partial charge in [0.1, 0.15) is 0 Å². The number of nitrogens with zero attached hydrogens (tertiary/aromatic N) is 1. The molecule has 1 fully saturated rings. The molecular formula is C12H26N2. The number of hydrogen-bond acceptors (Lipinski definition) is 2. The molecule has 0 aromatic rings. The summed E-state index contributed by atoms with van der Waals surface area (Å²) in [5.74, 6) is 0.876. The number of rotatable bonds is 6. The molecule has 2 N–H and O–H groups in total. The lowest BCUT2D eigenvalue weighted by Gasteiger charge is -2.49. The molecule has 14 heavy (non-hydrogen) atoms. The normalized spacial score (nSPS) is 21.2. The number of hydrogen-bond donors (Lipinski definition) is 1. The average Bonchev–Trinajstić information content (AvgIpc) is 2.11. The number of likely N-dealkylation sites (tertiary alicyclic amines) is 1. The summed E-state index contributed by atoms with van der Waals surface area (Å²) in [7, 11) is 0. The van der Waals surface area contributed by atoms with E-state index in [1.165, 1.54) is 32.2 Å². The third-order valence-corrected chi connectivity index (χ3v) is 3.50. The van der Waals surface area contributed by atoms with Crippen LogP contribution in [0.3, 0.4) is 0 Å². The second-order valence-electron chi connectivity index (χ2n) is 4.96. The second kappa shape index (κ2) is 5.13. The molecule has 0 spiro atoms. The first-order chi connectivity index (χ1) is 6.63. The molecule has 0 aromatic carbocycles. The van der Waals surface area contributed by atoms with E-state index < -0.39 is 0 Å². The Balaban J connectivity index is 2.20. The first kappa shape index (κ1) is 12.0. The van der Waals surface area contributed by atoms with Crippen molar-refractivity contribution in [1.82, 2.24) is 4.90 Å². The Morgan fingerprint density at radius 2 is 1.79 bits per heavy atom. The van der Waals surface area contributed by atoms with Crippen molar-refractivity contribution >= 4 is 0 Å². The summed E-state index contributed by atoms with van der Waals surface area (Å²) in [6.07, 6.45) is 5.01. The molecule has 0 atom stereocenters. The van der Waals surface area contributed by atoms with Gasteiger partial charge in [0.25, 0.3) is 0 Å². The molecule has 2 heteroatoms. The molecule has 1 heterocycles. The zero-order chi connectivity index (χ0) is 10.6. The predicted molar refractivity (Wildman–Crippen MR) is 62.3 cm³/mol. The fourth-order valence-electron chi connectivity index (χ4n) is 2.54. The SMILES string of the molecule is CCCC1(N)CN(CC(CC)CC)C1. The van der Waals surface area contributed by atoms with Crippen LogP contribution in [0.2, 0.25) is 0 Å². The van der Waals surface area contributed by atoms with Crippen molar-refractivity contribution in [2.45, 2.75) is 52.0 Å². The standard InChI is InChI=1S/C12H26N2/c1-4-7-12(13)9-14(10-12)8-11(5-2)6-3/h11H,4-10,13H2,1-3H3. The minimum atomic E-state index is 0.154. The van der Waals surface area contributed by atoms with Crippen LogP contribution >= 0.6 is 0 Å². The molecule has 1 rings (SSSR count). The maximum absolute atomic E-state index is 6.22. The van der Waals surface area contributed by atoms with Gasteiger partial charge in [0, 0.05) is 25.2 Å². The minimum absolute atomic E-state index is 0.154. The van der Waals surface area contributed by atoms with E-state index in [1.807, 2.05) is 0 Å². The highest BCUT2D eigenvalue weighted by Crippen LogP contribution is 2.25. The summed E-state index contributed by atoms with van der Waals surface area (Å²) in [4.78, 5) is 2.52. The van der Waals surface area contributed by atoms with Crippen LogP contribution in [0.1, 0.15) is 46.5 Å². The smallest absolute Gasteiger partial charge is 0.0412 e. The zero-order valence-corrected chi connectivity index (χ0v) is 10.1. The van der Waals surface area contributed by atoms with Crippen molar-refractivity contribution in [3.05, 3.63) is 0 Å². The highest BCUT2D eigenvalue weighted by atomic mass is 15.2. The van der Waals surface area contributed by atoms with Crippen molar-refractivity contribution < 1.29 is 0 Å². The van der Waals surface area contributed by atoms with Crippen LogP contribution in [-0.4, -0.2) is 30.1 Å². The van der Waals surface area contributed by atoms with Crippen molar-refractivity contribution in [2.75, 3.05) is 19.6 Å². The van der Waals surface area contributed by atoms with Crippen LogP contribution < -0.4 is 5.73 Å². The molecule has 0 bridgehead atoms. The predicted octanol–water partition coefficient (Wildman–Crippen LogP) is 2.24. The Labute approximate surface area is 88.8 Å². The monoisotopic (exact) mass is 198 g/mol. The van der Waals surface area contributed by atoms with Gasteiger partial charge in [0.15, 0.2) is 0 Å². The molecule has 0 unspecified atom stereocenters. The molecule has 1 saturated heterocycles. The fraction of sp³-hybridized carbons (Fsp3) is 1.00. The molecule has 1 aliphatic heterocycles. The van der Waals surface area contributed by atoms with E-state index in [9.17, 15) is 0 Å². The van der Waals surface area contributed by atoms with Crippen molar-refractivity contribution in [3.8, 4) is 0 Å². The summed E-state index contributed by atoms with van der Waals surface area (Å²) in [6, 6.07) is 0. The Morgan fingerprint density at radius 3 is 2.21 bits per heavy atom. The van der Waals surface area contributed by atoms with E-state index in [2.05, 4.69) is 25.7 Å². The summed E-state index contributed by atoms with van der Waals surface area (Å²) < 4.78 is 0. The third kappa shape index (κ3) is 2.96. The van der Waals surface area contributed by atoms with Crippen molar-refractivity contribution in [3.63, 3.8) is 0 Å². The Kier molecular flexibility index (Phi) is 4.39. The van der Waals surface area contributed by atoms with Crippen LogP contribution in [0.5, 0.6) is 0 Å². The third-order valence-electron chi connectivity index (χ3n) is 3.50. The van der Waals surface area contributed by atoms with Gasteiger partial charge in [-0.2, -0.15) is 0 Å². The zero-order valence-electron chi connectivity index (χ0n) is 10.1. The lowest BCUT2D eigenvalue weighted by atomic mass is 9.85. The van der Waals surface area contributed by atoms with Gasteiger partial charge >= 0.3 is 0 Å². The number of nitrogens with two attached hydrogens (primary N) is 1. The van der Waals surface area contributed by atoms with E-state index in [0.29, 0.717) is 0 Å². The summed E-state index contributed by atoms with van der Waals surface area (Å²) in [5.41, 5.74) is 6.37. The van der Waals surface area contributed by atoms with Gasteiger partial charge in [-0.1, -0.05) is 40.0 Å². The molecule has 0 aliphatic carbocycles. The van der Waals surface area contributed by atoms with E-state index >= 15 is 0 Å². The largest absolute Gasteiger partial charge is 0.323 e. The Morgan fingerprint density at radius 1 is 1.21 bits per heavy atom. The van der Waals surface area contributed by atoms with Crippen LogP contribution in [-0.2, 0) is 0 Å². The van der Waals surface area contributed by atoms with Gasteiger partial charge in [-0.25, -0.2) is 0 Å². The first-order valence-corrected chi connectivity index (χ1v) is 6.14. The van der Waals surface area contributed by atoms with Gasteiger partial charge < -0.3 is 5.73 Å². The Bertz CT molecular complexity index is 158. The van der Waals surface area contributed by atoms with E-state index in [4.69, 9.17) is 5.73 Å². The van der Waals surface area contributed by atoms with Gasteiger partial charge in [-0.05, 0) is 12.3 Å². The van der Waals surface area contributed by atoms with Gasteiger partial charge in [-0.3, -0.25) is 4.90 Å². The van der Waals surface area contributed by atoms with Crippen LogP contribution in [0.4, 0.5) is 0 Å². The first-order valence-electron chi connectivity index (χ1n) is 6.14. The van der Waals surface area contributed by atoms with Crippen molar-refractivity contribution in [1.29, 1.82) is 0 Å². The van der Waals surface area contributed by atoms with Crippen molar-refractivity contribution in [2.24, 2.45) is 11.7 Å². The minimum Gasteiger partial charge on any atom is -0.323 e. The Hall–Kier alpha value is -0.0800. The van der Waals surface area contributed by atoms with Gasteiger partial charge in [0.05, 0.1) is 0 Å². The second-order valence-corrected chi connectivity index (χ2v) is 4.96. The van der Waals surface area contributed by atoms with Crippen LogP contribution in [0.15, 0.2) is 0 Å². The molecule has 84 valence electrons. The topological polar surface area (TPSA) is 29.3 Å². The van der Waals surface area contributed by atoms with Crippen LogP contribution in [0, 0.1) is 5.92 Å². The molecule has 0 amide bonds. The highest BCUT2D eigenvalue weighted by molar-refractivity contribution is 4.99. The van der Waals surface area contributed by atoms with Crippen LogP contribution in [0.25, 0.3) is 0 Å². The molecule has 0 radical (unpaired) electrons. The lowest BCUT2D eigenvalue weighted by Crippen LogP contribution is -2.67. The lowest BCUT2D eigenvalue weighted by molar-refractivity contribution is 0.0477. The summed E-state index contributed by atoms with van der Waals surface area (Å²) >= 11 is 0. The highest BCUT2D eigenvalue weighted by Gasteiger charge is 2.38. The van der Waals surface area contributed by atoms with E-state index in [0.717, 1.165) is 19.0 Å². The van der Waals surface area contributed by atoms with E-state index in [-0.39, 0.29) is 5.54 Å².